The Hall–Kier alpha value is -1.13. The first-order valence-corrected chi connectivity index (χ1v) is 5.46. The molecule has 0 bridgehead atoms. The first-order valence-electron chi connectivity index (χ1n) is 4.58. The van der Waals surface area contributed by atoms with Crippen molar-refractivity contribution in [2.75, 3.05) is 12.3 Å². The van der Waals surface area contributed by atoms with Gasteiger partial charge in [0.25, 0.3) is 0 Å². The summed E-state index contributed by atoms with van der Waals surface area (Å²) in [6, 6.07) is 2.02. The molecule has 0 spiro atoms. The van der Waals surface area contributed by atoms with Crippen LogP contribution in [0.2, 0.25) is 0 Å². The Morgan fingerprint density at radius 3 is 3.36 bits per heavy atom. The van der Waals surface area contributed by atoms with Crippen molar-refractivity contribution >= 4 is 27.2 Å². The van der Waals surface area contributed by atoms with Gasteiger partial charge < -0.3 is 10.5 Å². The lowest BCUT2D eigenvalue weighted by Gasteiger charge is -2.17. The lowest BCUT2D eigenvalue weighted by atomic mass is 10.1. The molecular weight excluding hydrogens is 196 g/mol. The highest BCUT2D eigenvalue weighted by atomic mass is 32.1. The van der Waals surface area contributed by atoms with Gasteiger partial charge in [-0.25, -0.2) is 0 Å². The van der Waals surface area contributed by atoms with Gasteiger partial charge in [-0.3, -0.25) is 4.98 Å². The molecular formula is C10H10N2OS. The zero-order valence-electron chi connectivity index (χ0n) is 7.62. The molecule has 0 saturated carbocycles. The maximum atomic E-state index is 6.07. The number of hydrogen-bond acceptors (Lipinski definition) is 4. The number of fused-ring (bicyclic) bond motifs is 2. The van der Waals surface area contributed by atoms with Crippen LogP contribution in [0.5, 0.6) is 0 Å². The minimum Gasteiger partial charge on any atom is -0.397 e. The van der Waals surface area contributed by atoms with Crippen molar-refractivity contribution in [3.63, 3.8) is 0 Å². The Balaban J connectivity index is 2.36. The molecule has 2 aromatic heterocycles. The van der Waals surface area contributed by atoms with Gasteiger partial charge in [-0.2, -0.15) is 0 Å². The van der Waals surface area contributed by atoms with Gasteiger partial charge in [-0.05, 0) is 11.4 Å². The molecule has 1 aliphatic heterocycles. The van der Waals surface area contributed by atoms with Gasteiger partial charge in [0.15, 0.2) is 0 Å². The Bertz CT molecular complexity index is 492. The number of nitrogens with two attached hydrogens (primary N) is 1. The smallest absolute Gasteiger partial charge is 0.0834 e. The van der Waals surface area contributed by atoms with Crippen LogP contribution < -0.4 is 5.73 Å². The largest absolute Gasteiger partial charge is 0.397 e. The highest BCUT2D eigenvalue weighted by Gasteiger charge is 2.16. The van der Waals surface area contributed by atoms with E-state index in [1.54, 1.807) is 11.3 Å². The van der Waals surface area contributed by atoms with Crippen molar-refractivity contribution in [2.24, 2.45) is 0 Å². The Morgan fingerprint density at radius 2 is 2.43 bits per heavy atom. The zero-order chi connectivity index (χ0) is 9.54. The summed E-state index contributed by atoms with van der Waals surface area (Å²) in [4.78, 5) is 4.59. The van der Waals surface area contributed by atoms with E-state index in [1.807, 2.05) is 11.4 Å². The predicted octanol–water partition coefficient (Wildman–Crippen LogP) is 1.95. The molecule has 0 saturated heterocycles. The van der Waals surface area contributed by atoms with Crippen LogP contribution in [0.4, 0.5) is 5.69 Å². The molecule has 3 heterocycles. The summed E-state index contributed by atoms with van der Waals surface area (Å²) in [5.74, 6) is 0. The average Bonchev–Trinajstić information content (AvgIpc) is 2.66. The van der Waals surface area contributed by atoms with E-state index in [4.69, 9.17) is 10.5 Å². The first-order chi connectivity index (χ1) is 6.86. The van der Waals surface area contributed by atoms with Crippen LogP contribution in [0.1, 0.15) is 11.3 Å². The van der Waals surface area contributed by atoms with Gasteiger partial charge >= 0.3 is 0 Å². The highest BCUT2D eigenvalue weighted by Crippen LogP contribution is 2.32. The topological polar surface area (TPSA) is 48.1 Å². The lowest BCUT2D eigenvalue weighted by Crippen LogP contribution is -2.13. The molecule has 2 N–H and O–H groups in total. The fourth-order valence-electron chi connectivity index (χ4n) is 1.81. The summed E-state index contributed by atoms with van der Waals surface area (Å²) in [6.07, 6.45) is 0.880. The van der Waals surface area contributed by atoms with Crippen molar-refractivity contribution in [3.05, 3.63) is 22.7 Å². The molecule has 3 rings (SSSR count). The number of ether oxygens (including phenoxy) is 1. The summed E-state index contributed by atoms with van der Waals surface area (Å²) >= 11 is 1.64. The second-order valence-corrected chi connectivity index (χ2v) is 4.30. The number of nitrogens with zero attached hydrogens (tertiary/aromatic N) is 1. The second kappa shape index (κ2) is 2.93. The molecule has 0 radical (unpaired) electrons. The molecule has 3 nitrogen and oxygen atoms in total. The van der Waals surface area contributed by atoms with Crippen LogP contribution in [-0.4, -0.2) is 11.6 Å². The SMILES string of the molecule is Nc1c2c(nc3ccsc13)CCOC2. The monoisotopic (exact) mass is 206 g/mol. The van der Waals surface area contributed by atoms with Gasteiger partial charge in [0.2, 0.25) is 0 Å². The summed E-state index contributed by atoms with van der Waals surface area (Å²) in [7, 11) is 0. The third-order valence-corrected chi connectivity index (χ3v) is 3.48. The zero-order valence-corrected chi connectivity index (χ0v) is 8.43. The van der Waals surface area contributed by atoms with Crippen LogP contribution in [0.3, 0.4) is 0 Å². The molecule has 1 aliphatic rings. The fourth-order valence-corrected chi connectivity index (χ4v) is 2.63. The third-order valence-electron chi connectivity index (χ3n) is 2.55. The van der Waals surface area contributed by atoms with E-state index in [-0.39, 0.29) is 0 Å². The van der Waals surface area contributed by atoms with Crippen molar-refractivity contribution in [2.45, 2.75) is 13.0 Å². The molecule has 0 amide bonds. The van der Waals surface area contributed by atoms with Crippen molar-refractivity contribution in [1.82, 2.24) is 4.98 Å². The Kier molecular flexibility index (Phi) is 1.72. The van der Waals surface area contributed by atoms with E-state index >= 15 is 0 Å². The van der Waals surface area contributed by atoms with Crippen LogP contribution in [-0.2, 0) is 17.8 Å². The standard InChI is InChI=1S/C10H10N2OS/c11-9-6-5-13-3-1-7(6)12-8-2-4-14-10(8)9/h2,4H,1,3,5H2,(H2,11,12). The number of aromatic nitrogens is 1. The van der Waals surface area contributed by atoms with Crippen molar-refractivity contribution in [3.8, 4) is 0 Å². The molecule has 2 aromatic rings. The average molecular weight is 206 g/mol. The van der Waals surface area contributed by atoms with Crippen molar-refractivity contribution < 1.29 is 4.74 Å². The summed E-state index contributed by atoms with van der Waals surface area (Å²) in [5.41, 5.74) is 10.2. The van der Waals surface area contributed by atoms with E-state index in [9.17, 15) is 0 Å². The number of thiophene rings is 1. The number of nitrogen functional groups attached to an aromatic ring is 1. The van der Waals surface area contributed by atoms with E-state index in [0.717, 1.165) is 40.2 Å². The van der Waals surface area contributed by atoms with E-state index in [0.29, 0.717) is 6.61 Å². The molecule has 0 aromatic carbocycles. The number of anilines is 1. The maximum Gasteiger partial charge on any atom is 0.0834 e. The Labute approximate surface area is 85.5 Å². The van der Waals surface area contributed by atoms with Gasteiger partial charge in [0.05, 0.1) is 34.8 Å². The van der Waals surface area contributed by atoms with Crippen LogP contribution in [0, 0.1) is 0 Å². The number of hydrogen-bond donors (Lipinski definition) is 1. The van der Waals surface area contributed by atoms with Gasteiger partial charge in [0, 0.05) is 12.0 Å². The summed E-state index contributed by atoms with van der Waals surface area (Å²) in [5, 5.41) is 2.03. The molecule has 14 heavy (non-hydrogen) atoms. The minimum absolute atomic E-state index is 0.613. The minimum atomic E-state index is 0.613. The lowest BCUT2D eigenvalue weighted by molar-refractivity contribution is 0.110. The summed E-state index contributed by atoms with van der Waals surface area (Å²) < 4.78 is 6.48. The van der Waals surface area contributed by atoms with E-state index in [1.165, 1.54) is 0 Å². The molecule has 72 valence electrons. The molecule has 0 unspecified atom stereocenters. The highest BCUT2D eigenvalue weighted by molar-refractivity contribution is 7.17. The van der Waals surface area contributed by atoms with Gasteiger partial charge in [-0.15, -0.1) is 11.3 Å². The first kappa shape index (κ1) is 8.20. The van der Waals surface area contributed by atoms with Crippen LogP contribution >= 0.6 is 11.3 Å². The normalized spacial score (nSPS) is 15.7. The fraction of sp³-hybridized carbons (Fsp3) is 0.300. The number of rotatable bonds is 0. The summed E-state index contributed by atoms with van der Waals surface area (Å²) in [6.45, 7) is 1.37. The quantitative estimate of drug-likeness (QED) is 0.716. The van der Waals surface area contributed by atoms with Crippen LogP contribution in [0.25, 0.3) is 10.2 Å². The van der Waals surface area contributed by atoms with Gasteiger partial charge in [-0.1, -0.05) is 0 Å². The Morgan fingerprint density at radius 1 is 1.50 bits per heavy atom. The van der Waals surface area contributed by atoms with E-state index < -0.39 is 0 Å². The molecule has 4 heteroatoms. The number of pyridine rings is 1. The third kappa shape index (κ3) is 1.04. The van der Waals surface area contributed by atoms with Crippen molar-refractivity contribution in [1.29, 1.82) is 0 Å². The molecule has 0 fully saturated rings. The predicted molar refractivity (Wildman–Crippen MR) is 57.4 cm³/mol. The van der Waals surface area contributed by atoms with Gasteiger partial charge in [0.1, 0.15) is 0 Å². The second-order valence-electron chi connectivity index (χ2n) is 3.39. The van der Waals surface area contributed by atoms with Crippen LogP contribution in [0.15, 0.2) is 11.4 Å². The molecule has 0 atom stereocenters. The van der Waals surface area contributed by atoms with E-state index in [2.05, 4.69) is 4.98 Å². The maximum absolute atomic E-state index is 6.07. The molecule has 0 aliphatic carbocycles.